The fraction of sp³-hybridized carbons (Fsp3) is 0.571. The Kier molecular flexibility index (Phi) is 5.28. The molecule has 0 spiro atoms. The van der Waals surface area contributed by atoms with E-state index in [1.807, 2.05) is 32.0 Å². The Hall–Kier alpha value is -1.42. The van der Waals surface area contributed by atoms with Crippen LogP contribution in [0, 0.1) is 0 Å². The first-order valence-electron chi connectivity index (χ1n) is 6.38. The number of nitrogen functional groups attached to an aromatic ring is 1. The van der Waals surface area contributed by atoms with Crippen LogP contribution in [0.2, 0.25) is 0 Å². The highest BCUT2D eigenvalue weighted by Crippen LogP contribution is 2.27. The first-order valence-corrected chi connectivity index (χ1v) is 6.38. The van der Waals surface area contributed by atoms with Gasteiger partial charge in [0.15, 0.2) is 0 Å². The standard InChI is InChI=1S/C14H24N2O2/c1-10(2)16(5-6-17)13-7-12(15)8-14(9-13)18-11(3)4/h7-11,17H,5-6,15H2,1-4H3. The lowest BCUT2D eigenvalue weighted by molar-refractivity contribution is 0.242. The van der Waals surface area contributed by atoms with Crippen LogP contribution >= 0.6 is 0 Å². The Bertz CT molecular complexity index is 378. The minimum atomic E-state index is 0.116. The van der Waals surface area contributed by atoms with Crippen molar-refractivity contribution in [2.75, 3.05) is 23.8 Å². The SMILES string of the molecule is CC(C)Oc1cc(N)cc(N(CCO)C(C)C)c1. The Morgan fingerprint density at radius 3 is 2.39 bits per heavy atom. The van der Waals surface area contributed by atoms with Crippen molar-refractivity contribution in [2.24, 2.45) is 0 Å². The Labute approximate surface area is 109 Å². The normalized spacial score (nSPS) is 11.1. The van der Waals surface area contributed by atoms with E-state index in [2.05, 4.69) is 18.7 Å². The van der Waals surface area contributed by atoms with E-state index in [1.165, 1.54) is 0 Å². The number of aliphatic hydroxyl groups is 1. The Balaban J connectivity index is 3.02. The van der Waals surface area contributed by atoms with E-state index in [0.717, 1.165) is 11.4 Å². The average molecular weight is 252 g/mol. The zero-order chi connectivity index (χ0) is 13.7. The quantitative estimate of drug-likeness (QED) is 0.762. The second-order valence-electron chi connectivity index (χ2n) is 4.94. The molecule has 0 heterocycles. The van der Waals surface area contributed by atoms with Crippen LogP contribution in [0.25, 0.3) is 0 Å². The summed E-state index contributed by atoms with van der Waals surface area (Å²) in [6.45, 7) is 8.84. The number of nitrogens with zero attached hydrogens (tertiary/aromatic N) is 1. The number of rotatable bonds is 6. The van der Waals surface area contributed by atoms with Crippen molar-refractivity contribution >= 4 is 11.4 Å². The number of aliphatic hydroxyl groups excluding tert-OH is 1. The molecular weight excluding hydrogens is 228 g/mol. The summed E-state index contributed by atoms with van der Waals surface area (Å²) in [7, 11) is 0. The maximum atomic E-state index is 9.13. The van der Waals surface area contributed by atoms with E-state index in [-0.39, 0.29) is 12.7 Å². The van der Waals surface area contributed by atoms with Gasteiger partial charge in [0.05, 0.1) is 12.7 Å². The number of anilines is 2. The van der Waals surface area contributed by atoms with E-state index >= 15 is 0 Å². The topological polar surface area (TPSA) is 58.7 Å². The minimum absolute atomic E-state index is 0.116. The number of hydrogen-bond donors (Lipinski definition) is 2. The molecule has 0 aliphatic heterocycles. The largest absolute Gasteiger partial charge is 0.491 e. The Morgan fingerprint density at radius 1 is 1.22 bits per heavy atom. The third-order valence-corrected chi connectivity index (χ3v) is 2.58. The van der Waals surface area contributed by atoms with Crippen molar-refractivity contribution in [2.45, 2.75) is 39.8 Å². The van der Waals surface area contributed by atoms with Crippen molar-refractivity contribution in [1.29, 1.82) is 0 Å². The first-order chi connectivity index (χ1) is 8.43. The van der Waals surface area contributed by atoms with Gasteiger partial charge in [0.25, 0.3) is 0 Å². The summed E-state index contributed by atoms with van der Waals surface area (Å²) in [5.41, 5.74) is 7.55. The van der Waals surface area contributed by atoms with E-state index < -0.39 is 0 Å². The lowest BCUT2D eigenvalue weighted by atomic mass is 10.2. The highest BCUT2D eigenvalue weighted by molar-refractivity contribution is 5.61. The van der Waals surface area contributed by atoms with Gasteiger partial charge < -0.3 is 20.5 Å². The van der Waals surface area contributed by atoms with Gasteiger partial charge in [-0.05, 0) is 33.8 Å². The van der Waals surface area contributed by atoms with Crippen molar-refractivity contribution in [3.8, 4) is 5.75 Å². The molecule has 1 aromatic carbocycles. The molecule has 0 aliphatic carbocycles. The highest BCUT2D eigenvalue weighted by Gasteiger charge is 2.12. The molecule has 0 saturated carbocycles. The smallest absolute Gasteiger partial charge is 0.123 e. The summed E-state index contributed by atoms with van der Waals surface area (Å²) in [6.07, 6.45) is 0.116. The Morgan fingerprint density at radius 2 is 1.89 bits per heavy atom. The van der Waals surface area contributed by atoms with Gasteiger partial charge in [0, 0.05) is 36.1 Å². The van der Waals surface area contributed by atoms with Gasteiger partial charge in [-0.2, -0.15) is 0 Å². The van der Waals surface area contributed by atoms with Gasteiger partial charge in [-0.15, -0.1) is 0 Å². The van der Waals surface area contributed by atoms with Crippen LogP contribution in [0.3, 0.4) is 0 Å². The second-order valence-corrected chi connectivity index (χ2v) is 4.94. The summed E-state index contributed by atoms with van der Waals surface area (Å²) in [5.74, 6) is 0.767. The maximum Gasteiger partial charge on any atom is 0.123 e. The zero-order valence-corrected chi connectivity index (χ0v) is 11.7. The number of hydrogen-bond acceptors (Lipinski definition) is 4. The van der Waals surface area contributed by atoms with Crippen LogP contribution in [0.1, 0.15) is 27.7 Å². The zero-order valence-electron chi connectivity index (χ0n) is 11.7. The third-order valence-electron chi connectivity index (χ3n) is 2.58. The molecular formula is C14H24N2O2. The van der Waals surface area contributed by atoms with E-state index in [9.17, 15) is 0 Å². The number of nitrogens with two attached hydrogens (primary N) is 1. The fourth-order valence-electron chi connectivity index (χ4n) is 1.90. The lowest BCUT2D eigenvalue weighted by Crippen LogP contribution is -2.33. The molecule has 0 aromatic heterocycles. The van der Waals surface area contributed by atoms with Crippen LogP contribution in [-0.2, 0) is 0 Å². The molecule has 0 radical (unpaired) electrons. The molecule has 4 nitrogen and oxygen atoms in total. The van der Waals surface area contributed by atoms with Gasteiger partial charge in [0.1, 0.15) is 5.75 Å². The second kappa shape index (κ2) is 6.50. The van der Waals surface area contributed by atoms with Crippen molar-refractivity contribution in [3.05, 3.63) is 18.2 Å². The molecule has 0 unspecified atom stereocenters. The molecule has 4 heteroatoms. The van der Waals surface area contributed by atoms with Crippen LogP contribution in [0.4, 0.5) is 11.4 Å². The van der Waals surface area contributed by atoms with Crippen molar-refractivity contribution < 1.29 is 9.84 Å². The van der Waals surface area contributed by atoms with E-state index in [0.29, 0.717) is 18.3 Å². The molecule has 3 N–H and O–H groups in total. The van der Waals surface area contributed by atoms with Crippen LogP contribution < -0.4 is 15.4 Å². The fourth-order valence-corrected chi connectivity index (χ4v) is 1.90. The molecule has 0 bridgehead atoms. The predicted octanol–water partition coefficient (Wildman–Crippen LogP) is 2.26. The highest BCUT2D eigenvalue weighted by atomic mass is 16.5. The summed E-state index contributed by atoms with van der Waals surface area (Å²) < 4.78 is 5.67. The summed E-state index contributed by atoms with van der Waals surface area (Å²) >= 11 is 0. The number of ether oxygens (including phenoxy) is 1. The average Bonchev–Trinajstić information content (AvgIpc) is 2.23. The molecule has 0 saturated heterocycles. The molecule has 1 aromatic rings. The third kappa shape index (κ3) is 4.11. The molecule has 1 rings (SSSR count). The minimum Gasteiger partial charge on any atom is -0.491 e. The van der Waals surface area contributed by atoms with E-state index in [1.54, 1.807) is 0 Å². The van der Waals surface area contributed by atoms with Gasteiger partial charge in [-0.25, -0.2) is 0 Å². The van der Waals surface area contributed by atoms with Crippen LogP contribution in [-0.4, -0.2) is 30.4 Å². The van der Waals surface area contributed by atoms with Gasteiger partial charge >= 0.3 is 0 Å². The van der Waals surface area contributed by atoms with Gasteiger partial charge in [0.2, 0.25) is 0 Å². The van der Waals surface area contributed by atoms with Crippen molar-refractivity contribution in [3.63, 3.8) is 0 Å². The molecule has 0 atom stereocenters. The predicted molar refractivity (Wildman–Crippen MR) is 76.2 cm³/mol. The van der Waals surface area contributed by atoms with Crippen LogP contribution in [0.15, 0.2) is 18.2 Å². The van der Waals surface area contributed by atoms with E-state index in [4.69, 9.17) is 15.6 Å². The lowest BCUT2D eigenvalue weighted by Gasteiger charge is -2.29. The maximum absolute atomic E-state index is 9.13. The van der Waals surface area contributed by atoms with Gasteiger partial charge in [-0.3, -0.25) is 0 Å². The number of benzene rings is 1. The molecule has 0 amide bonds. The molecule has 0 aliphatic rings. The summed E-state index contributed by atoms with van der Waals surface area (Å²) in [5, 5.41) is 9.13. The molecule has 18 heavy (non-hydrogen) atoms. The summed E-state index contributed by atoms with van der Waals surface area (Å²) in [6, 6.07) is 5.99. The molecule has 102 valence electrons. The monoisotopic (exact) mass is 252 g/mol. The molecule has 0 fully saturated rings. The summed E-state index contributed by atoms with van der Waals surface area (Å²) in [4.78, 5) is 2.10. The van der Waals surface area contributed by atoms with Crippen LogP contribution in [0.5, 0.6) is 5.75 Å². The van der Waals surface area contributed by atoms with Gasteiger partial charge in [-0.1, -0.05) is 0 Å². The van der Waals surface area contributed by atoms with Crippen molar-refractivity contribution in [1.82, 2.24) is 0 Å². The first kappa shape index (κ1) is 14.6.